The van der Waals surface area contributed by atoms with Gasteiger partial charge in [0.2, 0.25) is 0 Å². The maximum absolute atomic E-state index is 6.30. The number of nitrogens with one attached hydrogen (secondary N) is 1. The molecule has 1 aromatic heterocycles. The lowest BCUT2D eigenvalue weighted by atomic mass is 9.82. The molecule has 4 nitrogen and oxygen atoms in total. The van der Waals surface area contributed by atoms with Gasteiger partial charge in [-0.25, -0.2) is 0 Å². The Balaban J connectivity index is 2.33. The van der Waals surface area contributed by atoms with E-state index >= 15 is 0 Å². The van der Waals surface area contributed by atoms with Crippen molar-refractivity contribution in [3.05, 3.63) is 24.0 Å². The van der Waals surface area contributed by atoms with Crippen LogP contribution in [-0.4, -0.2) is 31.3 Å². The largest absolute Gasteiger partial charge is 0.495 e. The molecule has 1 aromatic rings. The third kappa shape index (κ3) is 3.74. The maximum Gasteiger partial charge on any atom is 0.137 e. The molecule has 0 aliphatic heterocycles. The van der Waals surface area contributed by atoms with Crippen LogP contribution in [0.15, 0.2) is 18.5 Å². The summed E-state index contributed by atoms with van der Waals surface area (Å²) in [6.07, 6.45) is 11.0. The fourth-order valence-electron chi connectivity index (χ4n) is 3.57. The molecule has 1 heterocycles. The summed E-state index contributed by atoms with van der Waals surface area (Å²) in [5.74, 6) is 0.799. The van der Waals surface area contributed by atoms with Crippen molar-refractivity contribution >= 4 is 0 Å². The zero-order valence-electron chi connectivity index (χ0n) is 13.5. The highest BCUT2D eigenvalue weighted by Gasteiger charge is 2.40. The van der Waals surface area contributed by atoms with E-state index in [1.807, 2.05) is 13.2 Å². The second-order valence-electron chi connectivity index (χ2n) is 5.79. The van der Waals surface area contributed by atoms with Crippen molar-refractivity contribution in [2.45, 2.75) is 57.1 Å². The average molecular weight is 292 g/mol. The van der Waals surface area contributed by atoms with Crippen LogP contribution in [0.1, 0.15) is 57.1 Å². The van der Waals surface area contributed by atoms with E-state index in [-0.39, 0.29) is 11.6 Å². The first-order valence-electron chi connectivity index (χ1n) is 8.06. The van der Waals surface area contributed by atoms with Crippen molar-refractivity contribution in [1.29, 1.82) is 0 Å². The van der Waals surface area contributed by atoms with Crippen LogP contribution in [0.4, 0.5) is 0 Å². The van der Waals surface area contributed by atoms with E-state index in [2.05, 4.69) is 23.3 Å². The molecule has 0 spiro atoms. The highest BCUT2D eigenvalue weighted by Crippen LogP contribution is 2.40. The Labute approximate surface area is 128 Å². The molecule has 21 heavy (non-hydrogen) atoms. The lowest BCUT2D eigenvalue weighted by Crippen LogP contribution is -2.45. The van der Waals surface area contributed by atoms with Crippen LogP contribution in [0.5, 0.6) is 5.75 Å². The Morgan fingerprint density at radius 3 is 2.52 bits per heavy atom. The first-order chi connectivity index (χ1) is 10.3. The smallest absolute Gasteiger partial charge is 0.137 e. The number of ether oxygens (including phenoxy) is 2. The summed E-state index contributed by atoms with van der Waals surface area (Å²) >= 11 is 0. The number of aromatic nitrogens is 1. The van der Waals surface area contributed by atoms with Crippen molar-refractivity contribution in [1.82, 2.24) is 10.3 Å². The monoisotopic (exact) mass is 292 g/mol. The highest BCUT2D eigenvalue weighted by atomic mass is 16.5. The van der Waals surface area contributed by atoms with Gasteiger partial charge >= 0.3 is 0 Å². The van der Waals surface area contributed by atoms with Crippen LogP contribution >= 0.6 is 0 Å². The second-order valence-corrected chi connectivity index (χ2v) is 5.79. The van der Waals surface area contributed by atoms with Crippen molar-refractivity contribution in [3.8, 4) is 5.75 Å². The number of nitrogens with zero attached hydrogens (tertiary/aromatic N) is 1. The van der Waals surface area contributed by atoms with Gasteiger partial charge in [-0.2, -0.15) is 0 Å². The molecule has 0 bridgehead atoms. The normalized spacial score (nSPS) is 19.8. The molecule has 2 rings (SSSR count). The van der Waals surface area contributed by atoms with Gasteiger partial charge in [0.1, 0.15) is 5.75 Å². The van der Waals surface area contributed by atoms with Crippen LogP contribution in [-0.2, 0) is 4.74 Å². The Morgan fingerprint density at radius 1 is 1.24 bits per heavy atom. The second kappa shape index (κ2) is 7.76. The Hall–Kier alpha value is -1.13. The van der Waals surface area contributed by atoms with Gasteiger partial charge in [-0.05, 0) is 38.4 Å². The average Bonchev–Trinajstić information content (AvgIpc) is 2.75. The topological polar surface area (TPSA) is 43.4 Å². The van der Waals surface area contributed by atoms with Gasteiger partial charge in [0.15, 0.2) is 0 Å². The van der Waals surface area contributed by atoms with Crippen molar-refractivity contribution in [2.75, 3.05) is 20.8 Å². The Kier molecular flexibility index (Phi) is 6.00. The molecule has 0 aromatic carbocycles. The van der Waals surface area contributed by atoms with E-state index in [9.17, 15) is 0 Å². The molecule has 1 aliphatic carbocycles. The van der Waals surface area contributed by atoms with Crippen LogP contribution < -0.4 is 10.1 Å². The van der Waals surface area contributed by atoms with E-state index < -0.39 is 0 Å². The van der Waals surface area contributed by atoms with Crippen molar-refractivity contribution in [2.24, 2.45) is 0 Å². The maximum atomic E-state index is 6.30. The van der Waals surface area contributed by atoms with Crippen molar-refractivity contribution in [3.63, 3.8) is 0 Å². The minimum absolute atomic E-state index is 0.131. The molecule has 1 aliphatic rings. The van der Waals surface area contributed by atoms with Crippen LogP contribution in [0.2, 0.25) is 0 Å². The predicted octanol–water partition coefficient (Wildman–Crippen LogP) is 3.48. The third-order valence-electron chi connectivity index (χ3n) is 4.50. The minimum atomic E-state index is -0.131. The number of methoxy groups -OCH3 is 1. The van der Waals surface area contributed by atoms with E-state index in [1.165, 1.54) is 25.7 Å². The van der Waals surface area contributed by atoms with E-state index in [1.54, 1.807) is 13.3 Å². The zero-order chi connectivity index (χ0) is 15.1. The fraction of sp³-hybridized carbons (Fsp3) is 0.706. The van der Waals surface area contributed by atoms with Gasteiger partial charge in [0.25, 0.3) is 0 Å². The Bertz CT molecular complexity index is 429. The Morgan fingerprint density at radius 2 is 1.95 bits per heavy atom. The molecular formula is C17H28N2O2. The number of hydrogen-bond acceptors (Lipinski definition) is 4. The molecule has 1 fully saturated rings. The molecule has 1 atom stereocenters. The SMILES string of the molecule is CCOC1(C(NC)c2cncc(OC)c2)CCCCCC1. The van der Waals surface area contributed by atoms with Crippen LogP contribution in [0.3, 0.4) is 0 Å². The summed E-state index contributed by atoms with van der Waals surface area (Å²) in [5, 5.41) is 3.47. The summed E-state index contributed by atoms with van der Waals surface area (Å²) in [6.45, 7) is 2.83. The summed E-state index contributed by atoms with van der Waals surface area (Å²) in [4.78, 5) is 4.31. The lowest BCUT2D eigenvalue weighted by molar-refractivity contribution is -0.0767. The fourth-order valence-corrected chi connectivity index (χ4v) is 3.57. The van der Waals surface area contributed by atoms with Crippen molar-refractivity contribution < 1.29 is 9.47 Å². The van der Waals surface area contributed by atoms with E-state index in [4.69, 9.17) is 9.47 Å². The summed E-state index contributed by atoms with van der Waals surface area (Å²) in [7, 11) is 3.69. The number of pyridine rings is 1. The highest BCUT2D eigenvalue weighted by molar-refractivity contribution is 5.28. The standard InChI is InChI=1S/C17H28N2O2/c1-4-21-17(9-7-5-6-8-10-17)16(18-2)14-11-15(20-3)13-19-12-14/h11-13,16,18H,4-10H2,1-3H3. The number of likely N-dealkylation sites (N-methyl/N-ethyl adjacent to an activating group) is 1. The van der Waals surface area contributed by atoms with Gasteiger partial charge in [-0.3, -0.25) is 4.98 Å². The third-order valence-corrected chi connectivity index (χ3v) is 4.50. The van der Waals surface area contributed by atoms with Crippen LogP contribution in [0, 0.1) is 0 Å². The molecule has 1 N–H and O–H groups in total. The minimum Gasteiger partial charge on any atom is -0.495 e. The molecule has 4 heteroatoms. The first kappa shape index (κ1) is 16.2. The van der Waals surface area contributed by atoms with Crippen LogP contribution in [0.25, 0.3) is 0 Å². The predicted molar refractivity (Wildman–Crippen MR) is 84.6 cm³/mol. The molecule has 0 radical (unpaired) electrons. The number of rotatable bonds is 6. The van der Waals surface area contributed by atoms with Gasteiger partial charge in [-0.15, -0.1) is 0 Å². The lowest BCUT2D eigenvalue weighted by Gasteiger charge is -2.40. The molecular weight excluding hydrogens is 264 g/mol. The molecule has 0 amide bonds. The molecule has 118 valence electrons. The molecule has 0 saturated heterocycles. The van der Waals surface area contributed by atoms with Gasteiger partial charge in [0.05, 0.1) is 24.9 Å². The summed E-state index contributed by atoms with van der Waals surface area (Å²) in [5.41, 5.74) is 1.01. The summed E-state index contributed by atoms with van der Waals surface area (Å²) in [6, 6.07) is 2.22. The quantitative estimate of drug-likeness (QED) is 0.815. The molecule has 1 saturated carbocycles. The van der Waals surface area contributed by atoms with Gasteiger partial charge < -0.3 is 14.8 Å². The van der Waals surface area contributed by atoms with E-state index in [0.717, 1.165) is 30.8 Å². The van der Waals surface area contributed by atoms with Gasteiger partial charge in [0, 0.05) is 12.8 Å². The molecule has 1 unspecified atom stereocenters. The first-order valence-corrected chi connectivity index (χ1v) is 8.06. The van der Waals surface area contributed by atoms with Gasteiger partial charge in [-0.1, -0.05) is 25.7 Å². The number of hydrogen-bond donors (Lipinski definition) is 1. The van der Waals surface area contributed by atoms with E-state index in [0.29, 0.717) is 0 Å². The summed E-state index contributed by atoms with van der Waals surface area (Å²) < 4.78 is 11.6. The zero-order valence-corrected chi connectivity index (χ0v) is 13.5.